The Morgan fingerprint density at radius 1 is 0.576 bits per heavy atom. The highest BCUT2D eigenvalue weighted by Crippen LogP contribution is 2.36. The summed E-state index contributed by atoms with van der Waals surface area (Å²) in [6.45, 7) is 8.16. The minimum atomic E-state index is -4.65. The molecule has 0 saturated carbocycles. The van der Waals surface area contributed by atoms with E-state index in [2.05, 4.69) is 50.5 Å². The van der Waals surface area contributed by atoms with Crippen LogP contribution in [0.5, 0.6) is 0 Å². The third-order valence-electron chi connectivity index (χ3n) is 11.9. The molecule has 0 radical (unpaired) electrons. The fraction of sp³-hybridized carbons (Fsp3) is 0.391. The first-order chi connectivity index (χ1) is 31.4. The van der Waals surface area contributed by atoms with Crippen LogP contribution in [0.15, 0.2) is 85.5 Å². The number of nitrogens with zero attached hydrogens (tertiary/aromatic N) is 8. The Bertz CT molecular complexity index is 2460. The zero-order valence-electron chi connectivity index (χ0n) is 36.5. The second-order valence-corrected chi connectivity index (χ2v) is 17.2. The van der Waals surface area contributed by atoms with Gasteiger partial charge in [-0.05, 0) is 71.9 Å². The van der Waals surface area contributed by atoms with Crippen LogP contribution in [0.25, 0.3) is 33.6 Å². The number of carbonyl (C=O) groups is 2. The number of carbonyl (C=O) groups excluding carboxylic acids is 2. The van der Waals surface area contributed by atoms with Gasteiger partial charge in [0.15, 0.2) is 0 Å². The lowest BCUT2D eigenvalue weighted by Gasteiger charge is -2.30. The number of amides is 2. The number of aromatic nitrogens is 8. The van der Waals surface area contributed by atoms with Crippen molar-refractivity contribution in [3.05, 3.63) is 108 Å². The fourth-order valence-electron chi connectivity index (χ4n) is 8.45. The number of alkyl halides is 6. The molecular weight excluding hydrogens is 867 g/mol. The Balaban J connectivity index is 0.905. The predicted octanol–water partition coefficient (Wildman–Crippen LogP) is 9.35. The van der Waals surface area contributed by atoms with Crippen LogP contribution in [0.2, 0.25) is 0 Å². The molecule has 2 unspecified atom stereocenters. The number of hydrogen-bond acceptors (Lipinski definition) is 10. The first-order valence-electron chi connectivity index (χ1n) is 21.7. The Kier molecular flexibility index (Phi) is 12.8. The molecule has 2 amide bonds. The lowest BCUT2D eigenvalue weighted by molar-refractivity contribution is -0.142. The maximum Gasteiger partial charge on any atom is 0.433 e. The molecule has 6 aromatic rings. The average Bonchev–Trinajstić information content (AvgIpc) is 4.14. The first kappa shape index (κ1) is 45.7. The van der Waals surface area contributed by atoms with E-state index in [-0.39, 0.29) is 47.6 Å². The quantitative estimate of drug-likeness (QED) is 0.0818. The van der Waals surface area contributed by atoms with E-state index >= 15 is 0 Å². The molecule has 20 heteroatoms. The molecule has 2 saturated heterocycles. The zero-order valence-corrected chi connectivity index (χ0v) is 36.5. The molecule has 0 spiro atoms. The monoisotopic (exact) mass is 914 g/mol. The van der Waals surface area contributed by atoms with Gasteiger partial charge in [-0.1, -0.05) is 76.2 Å². The second-order valence-electron chi connectivity index (χ2n) is 17.2. The number of H-pyrrole nitrogens is 2. The number of anilines is 2. The van der Waals surface area contributed by atoms with E-state index in [0.717, 1.165) is 71.0 Å². The molecular formula is C46H48F6N12O2. The SMILES string of the molecule is CC(C)[C@H](Nc1nccc(C(F)(F)F)n1)C(=O)N1CCCC1c1ncc(-c2ccc(-c3ccc(-c4cnc(C5CCCN5C(=O)[C@@H](Nc5nccc(C(F)(F)F)n5)C(C)C)[nH]4)cc3)cc2)[nH]1. The zero-order chi connectivity index (χ0) is 46.9. The van der Waals surface area contributed by atoms with Crippen LogP contribution in [0.1, 0.15) is 88.5 Å². The molecule has 66 heavy (non-hydrogen) atoms. The van der Waals surface area contributed by atoms with E-state index in [4.69, 9.17) is 0 Å². The van der Waals surface area contributed by atoms with Gasteiger partial charge in [-0.15, -0.1) is 0 Å². The van der Waals surface area contributed by atoms with Gasteiger partial charge in [-0.3, -0.25) is 9.59 Å². The molecule has 2 aliphatic rings. The van der Waals surface area contributed by atoms with Crippen molar-refractivity contribution in [2.75, 3.05) is 23.7 Å². The van der Waals surface area contributed by atoms with Gasteiger partial charge in [0.25, 0.3) is 0 Å². The van der Waals surface area contributed by atoms with Crippen LogP contribution in [0, 0.1) is 11.8 Å². The standard InChI is InChI=1S/C46H48F6N12O2/c1-25(2)37(61-43-53-19-17-35(59-43)45(47,48)49)41(65)63-21-5-7-33(63)39-55-23-31(57-39)29-13-9-27(10-14-29)28-11-15-30(16-12-28)32-24-56-40(58-32)34-8-6-22-64(34)42(66)38(26(3)4)62-44-54-20-18-36(60-44)46(50,51)52/h9-20,23-26,33-34,37-38H,5-8,21-22H2,1-4H3,(H,55,57)(H,56,58)(H,53,59,61)(H,54,60,62)/t33?,34?,37-,38-/m0/s1. The van der Waals surface area contributed by atoms with Crippen molar-refractivity contribution in [1.82, 2.24) is 49.7 Å². The minimum absolute atomic E-state index is 0.270. The number of benzene rings is 2. The van der Waals surface area contributed by atoms with Gasteiger partial charge in [-0.2, -0.15) is 26.3 Å². The van der Waals surface area contributed by atoms with E-state index in [0.29, 0.717) is 37.6 Å². The molecule has 4 aromatic heterocycles. The van der Waals surface area contributed by atoms with Crippen LogP contribution in [0.3, 0.4) is 0 Å². The summed E-state index contributed by atoms with van der Waals surface area (Å²) in [5, 5.41) is 5.69. The Hall–Kier alpha value is -6.86. The lowest BCUT2D eigenvalue weighted by atomic mass is 10.0. The van der Waals surface area contributed by atoms with Crippen molar-refractivity contribution in [2.45, 2.75) is 89.9 Å². The number of aromatic amines is 2. The minimum Gasteiger partial charge on any atom is -0.342 e. The van der Waals surface area contributed by atoms with Crippen molar-refractivity contribution in [3.8, 4) is 33.6 Å². The van der Waals surface area contributed by atoms with Crippen LogP contribution in [-0.4, -0.2) is 86.7 Å². The van der Waals surface area contributed by atoms with Gasteiger partial charge in [0.05, 0.1) is 35.9 Å². The number of nitrogens with one attached hydrogen (secondary N) is 4. The van der Waals surface area contributed by atoms with Crippen molar-refractivity contribution in [1.29, 1.82) is 0 Å². The molecule has 2 aromatic carbocycles. The summed E-state index contributed by atoms with van der Waals surface area (Å²) in [7, 11) is 0. The van der Waals surface area contributed by atoms with Gasteiger partial charge < -0.3 is 30.4 Å². The molecule has 4 N–H and O–H groups in total. The molecule has 2 fully saturated rings. The average molecular weight is 915 g/mol. The summed E-state index contributed by atoms with van der Waals surface area (Å²) in [6.07, 6.45) is -1.02. The summed E-state index contributed by atoms with van der Waals surface area (Å²) < 4.78 is 79.9. The Labute approximate surface area is 376 Å². The van der Waals surface area contributed by atoms with Crippen molar-refractivity contribution < 1.29 is 35.9 Å². The fourth-order valence-corrected chi connectivity index (χ4v) is 8.45. The van der Waals surface area contributed by atoms with Crippen LogP contribution < -0.4 is 10.6 Å². The number of imidazole rings is 2. The number of halogens is 6. The topological polar surface area (TPSA) is 174 Å². The Morgan fingerprint density at radius 2 is 0.939 bits per heavy atom. The summed E-state index contributed by atoms with van der Waals surface area (Å²) >= 11 is 0. The number of hydrogen-bond donors (Lipinski definition) is 4. The number of likely N-dealkylation sites (tertiary alicyclic amines) is 2. The third kappa shape index (κ3) is 9.86. The predicted molar refractivity (Wildman–Crippen MR) is 233 cm³/mol. The largest absolute Gasteiger partial charge is 0.433 e. The molecule has 4 atom stereocenters. The normalized spacial score (nSPS) is 17.7. The van der Waals surface area contributed by atoms with Crippen molar-refractivity contribution in [3.63, 3.8) is 0 Å². The molecule has 346 valence electrons. The number of rotatable bonds is 13. The molecule has 0 aliphatic carbocycles. The smallest absolute Gasteiger partial charge is 0.342 e. The molecule has 8 rings (SSSR count). The van der Waals surface area contributed by atoms with Gasteiger partial charge in [0.2, 0.25) is 23.7 Å². The van der Waals surface area contributed by atoms with E-state index in [1.165, 1.54) is 0 Å². The van der Waals surface area contributed by atoms with E-state index in [1.54, 1.807) is 22.2 Å². The Morgan fingerprint density at radius 3 is 1.29 bits per heavy atom. The molecule has 14 nitrogen and oxygen atoms in total. The van der Waals surface area contributed by atoms with E-state index in [1.807, 2.05) is 76.2 Å². The maximum atomic E-state index is 13.9. The second kappa shape index (κ2) is 18.6. The van der Waals surface area contributed by atoms with Gasteiger partial charge in [-0.25, -0.2) is 29.9 Å². The first-order valence-corrected chi connectivity index (χ1v) is 21.7. The van der Waals surface area contributed by atoms with Gasteiger partial charge in [0.1, 0.15) is 35.1 Å². The van der Waals surface area contributed by atoms with Crippen LogP contribution >= 0.6 is 0 Å². The van der Waals surface area contributed by atoms with E-state index in [9.17, 15) is 35.9 Å². The van der Waals surface area contributed by atoms with Crippen molar-refractivity contribution >= 4 is 23.7 Å². The summed E-state index contributed by atoms with van der Waals surface area (Å²) in [6, 6.07) is 15.1. The molecule has 2 aliphatic heterocycles. The third-order valence-corrected chi connectivity index (χ3v) is 11.9. The lowest BCUT2D eigenvalue weighted by Crippen LogP contribution is -2.45. The van der Waals surface area contributed by atoms with Crippen LogP contribution in [-0.2, 0) is 21.9 Å². The summed E-state index contributed by atoms with van der Waals surface area (Å²) in [5.41, 5.74) is 3.06. The highest BCUT2D eigenvalue weighted by molar-refractivity contribution is 5.86. The highest BCUT2D eigenvalue weighted by Gasteiger charge is 2.40. The van der Waals surface area contributed by atoms with Gasteiger partial charge >= 0.3 is 12.4 Å². The highest BCUT2D eigenvalue weighted by atomic mass is 19.4. The van der Waals surface area contributed by atoms with Crippen LogP contribution in [0.4, 0.5) is 38.2 Å². The van der Waals surface area contributed by atoms with Gasteiger partial charge in [0, 0.05) is 25.5 Å². The summed E-state index contributed by atoms with van der Waals surface area (Å²) in [5.74, 6) is -0.412. The molecule has 0 bridgehead atoms. The summed E-state index contributed by atoms with van der Waals surface area (Å²) in [4.78, 5) is 62.4. The molecule has 6 heterocycles. The van der Waals surface area contributed by atoms with Crippen molar-refractivity contribution in [2.24, 2.45) is 11.8 Å². The maximum absolute atomic E-state index is 13.9. The van der Waals surface area contributed by atoms with E-state index < -0.39 is 35.8 Å².